The van der Waals surface area contributed by atoms with Gasteiger partial charge in [0.1, 0.15) is 11.5 Å². The van der Waals surface area contributed by atoms with E-state index in [1.54, 1.807) is 29.9 Å². The Morgan fingerprint density at radius 3 is 2.35 bits per heavy atom. The summed E-state index contributed by atoms with van der Waals surface area (Å²) in [5.41, 5.74) is 4.56. The van der Waals surface area contributed by atoms with Crippen LogP contribution in [0.15, 0.2) is 84.9 Å². The van der Waals surface area contributed by atoms with E-state index in [0.717, 1.165) is 48.4 Å². The molecule has 2 amide bonds. The standard InChI is InChI=1S/C35H40FN5O2/c1-26(2)24-39-18-9-19-41(34(42)22-27-10-5-4-6-11-27)32-13-8-7-12-29(32)25-40(21-20-39)35(43)33-23-31(37-38(33)3)28-14-16-30(36)17-15-28/h4-8,10-17,23,26H,9,18-22,24-25H2,1-3H3. The molecule has 3 aromatic carbocycles. The first-order valence-corrected chi connectivity index (χ1v) is 15.0. The molecule has 43 heavy (non-hydrogen) atoms. The van der Waals surface area contributed by atoms with Crippen LogP contribution in [0, 0.1) is 11.7 Å². The van der Waals surface area contributed by atoms with Crippen molar-refractivity contribution >= 4 is 17.5 Å². The van der Waals surface area contributed by atoms with Gasteiger partial charge in [-0.25, -0.2) is 4.39 Å². The van der Waals surface area contributed by atoms with Crippen molar-refractivity contribution in [2.75, 3.05) is 37.6 Å². The fourth-order valence-corrected chi connectivity index (χ4v) is 5.73. The molecule has 0 saturated carbocycles. The molecule has 0 aliphatic carbocycles. The van der Waals surface area contributed by atoms with Crippen molar-refractivity contribution < 1.29 is 14.0 Å². The topological polar surface area (TPSA) is 61.7 Å². The summed E-state index contributed by atoms with van der Waals surface area (Å²) in [6.07, 6.45) is 1.15. The largest absolute Gasteiger partial charge is 0.332 e. The molecule has 5 rings (SSSR count). The summed E-state index contributed by atoms with van der Waals surface area (Å²) in [5.74, 6) is 0.0592. The minimum absolute atomic E-state index is 0.0433. The molecular formula is C35H40FN5O2. The highest BCUT2D eigenvalue weighted by Crippen LogP contribution is 2.26. The number of halogens is 1. The number of rotatable bonds is 6. The fourth-order valence-electron chi connectivity index (χ4n) is 5.73. The van der Waals surface area contributed by atoms with Crippen molar-refractivity contribution in [1.82, 2.24) is 19.6 Å². The van der Waals surface area contributed by atoms with Crippen LogP contribution in [-0.2, 0) is 24.8 Å². The third kappa shape index (κ3) is 7.56. The van der Waals surface area contributed by atoms with E-state index in [4.69, 9.17) is 0 Å². The molecule has 1 aromatic heterocycles. The molecule has 224 valence electrons. The molecule has 0 bridgehead atoms. The number of nitrogens with zero attached hydrogens (tertiary/aromatic N) is 5. The van der Waals surface area contributed by atoms with E-state index in [-0.39, 0.29) is 17.6 Å². The lowest BCUT2D eigenvalue weighted by molar-refractivity contribution is -0.118. The first-order chi connectivity index (χ1) is 20.8. The summed E-state index contributed by atoms with van der Waals surface area (Å²) in [6.45, 7) is 8.37. The molecule has 0 unspecified atom stereocenters. The Hall–Kier alpha value is -4.30. The molecule has 4 aromatic rings. The normalized spacial score (nSPS) is 14.8. The summed E-state index contributed by atoms with van der Waals surface area (Å²) in [5, 5.41) is 4.57. The number of para-hydroxylation sites is 1. The molecule has 8 heteroatoms. The van der Waals surface area contributed by atoms with Crippen molar-refractivity contribution in [2.45, 2.75) is 33.2 Å². The van der Waals surface area contributed by atoms with E-state index >= 15 is 0 Å². The molecule has 7 nitrogen and oxygen atoms in total. The highest BCUT2D eigenvalue weighted by Gasteiger charge is 2.26. The Bertz CT molecular complexity index is 1530. The first kappa shape index (κ1) is 30.2. The third-order valence-electron chi connectivity index (χ3n) is 7.83. The number of carbonyl (C=O) groups is 2. The van der Waals surface area contributed by atoms with Gasteiger partial charge in [0.05, 0.1) is 12.1 Å². The Morgan fingerprint density at radius 2 is 1.60 bits per heavy atom. The average molecular weight is 582 g/mol. The second-order valence-electron chi connectivity index (χ2n) is 11.7. The van der Waals surface area contributed by atoms with E-state index in [9.17, 15) is 14.0 Å². The van der Waals surface area contributed by atoms with Crippen LogP contribution < -0.4 is 4.90 Å². The molecule has 0 fully saturated rings. The van der Waals surface area contributed by atoms with Crippen LogP contribution in [0.25, 0.3) is 11.3 Å². The van der Waals surface area contributed by atoms with Gasteiger partial charge < -0.3 is 14.7 Å². The lowest BCUT2D eigenvalue weighted by Gasteiger charge is -2.28. The number of fused-ring (bicyclic) bond motifs is 1. The van der Waals surface area contributed by atoms with Gasteiger partial charge in [-0.3, -0.25) is 14.3 Å². The van der Waals surface area contributed by atoms with Crippen molar-refractivity contribution in [3.63, 3.8) is 0 Å². The fraction of sp³-hybridized carbons (Fsp3) is 0.343. The third-order valence-corrected chi connectivity index (χ3v) is 7.83. The SMILES string of the molecule is CC(C)CN1CCCN(C(=O)Cc2ccccc2)c2ccccc2CN(C(=O)c2cc(-c3ccc(F)cc3)nn2C)CC1. The minimum atomic E-state index is -0.319. The molecule has 2 heterocycles. The Balaban J connectivity index is 1.48. The second kappa shape index (κ2) is 13.8. The maximum atomic E-state index is 14.2. The van der Waals surface area contributed by atoms with Crippen LogP contribution in [-0.4, -0.2) is 64.1 Å². The summed E-state index contributed by atoms with van der Waals surface area (Å²) in [6, 6.07) is 25.6. The van der Waals surface area contributed by atoms with Crippen molar-refractivity contribution in [1.29, 1.82) is 0 Å². The predicted molar refractivity (Wildman–Crippen MR) is 168 cm³/mol. The number of hydrogen-bond donors (Lipinski definition) is 0. The van der Waals surface area contributed by atoms with Gasteiger partial charge in [0.25, 0.3) is 5.91 Å². The quantitative estimate of drug-likeness (QED) is 0.289. The van der Waals surface area contributed by atoms with E-state index in [0.29, 0.717) is 43.4 Å². The van der Waals surface area contributed by atoms with Crippen LogP contribution >= 0.6 is 0 Å². The van der Waals surface area contributed by atoms with E-state index in [2.05, 4.69) is 23.8 Å². The molecule has 0 radical (unpaired) electrons. The van der Waals surface area contributed by atoms with Crippen LogP contribution in [0.2, 0.25) is 0 Å². The number of benzene rings is 3. The zero-order valence-electron chi connectivity index (χ0n) is 25.2. The number of anilines is 1. The molecule has 0 N–H and O–H groups in total. The van der Waals surface area contributed by atoms with Gasteiger partial charge >= 0.3 is 0 Å². The van der Waals surface area contributed by atoms with Crippen LogP contribution in [0.3, 0.4) is 0 Å². The highest BCUT2D eigenvalue weighted by molar-refractivity contribution is 5.96. The van der Waals surface area contributed by atoms with E-state index in [1.165, 1.54) is 12.1 Å². The van der Waals surface area contributed by atoms with Crippen molar-refractivity contribution in [2.24, 2.45) is 13.0 Å². The zero-order valence-corrected chi connectivity index (χ0v) is 25.2. The van der Waals surface area contributed by atoms with Crippen molar-refractivity contribution in [3.05, 3.63) is 108 Å². The Labute approximate surface area is 253 Å². The summed E-state index contributed by atoms with van der Waals surface area (Å²) in [7, 11) is 1.76. The summed E-state index contributed by atoms with van der Waals surface area (Å²) >= 11 is 0. The summed E-state index contributed by atoms with van der Waals surface area (Å²) < 4.78 is 15.1. The Kier molecular flexibility index (Phi) is 9.67. The predicted octanol–water partition coefficient (Wildman–Crippen LogP) is 5.81. The van der Waals surface area contributed by atoms with Crippen molar-refractivity contribution in [3.8, 4) is 11.3 Å². The molecule has 1 aliphatic heterocycles. The maximum Gasteiger partial charge on any atom is 0.272 e. The van der Waals surface area contributed by atoms with Gasteiger partial charge in [-0.15, -0.1) is 0 Å². The zero-order chi connectivity index (χ0) is 30.3. The lowest BCUT2D eigenvalue weighted by Crippen LogP contribution is -2.40. The number of aromatic nitrogens is 2. The molecule has 0 saturated heterocycles. The van der Waals surface area contributed by atoms with Crippen LogP contribution in [0.1, 0.15) is 41.9 Å². The van der Waals surface area contributed by atoms with Gasteiger partial charge in [0, 0.05) is 51.0 Å². The summed E-state index contributed by atoms with van der Waals surface area (Å²) in [4.78, 5) is 34.1. The molecule has 1 aliphatic rings. The number of aryl methyl sites for hydroxylation is 1. The number of hydrogen-bond acceptors (Lipinski definition) is 4. The molecular weight excluding hydrogens is 541 g/mol. The molecule has 0 atom stereocenters. The maximum absolute atomic E-state index is 14.2. The Morgan fingerprint density at radius 1 is 0.884 bits per heavy atom. The average Bonchev–Trinajstić information content (AvgIpc) is 3.37. The van der Waals surface area contributed by atoms with Gasteiger partial charge in [0.15, 0.2) is 0 Å². The van der Waals surface area contributed by atoms with Crippen LogP contribution in [0.5, 0.6) is 0 Å². The van der Waals surface area contributed by atoms with Gasteiger partial charge in [-0.1, -0.05) is 62.4 Å². The van der Waals surface area contributed by atoms with Gasteiger partial charge in [0.2, 0.25) is 5.91 Å². The minimum Gasteiger partial charge on any atom is -0.332 e. The number of carbonyl (C=O) groups excluding carboxylic acids is 2. The monoisotopic (exact) mass is 581 g/mol. The smallest absolute Gasteiger partial charge is 0.272 e. The first-order valence-electron chi connectivity index (χ1n) is 15.0. The highest BCUT2D eigenvalue weighted by atomic mass is 19.1. The van der Waals surface area contributed by atoms with Crippen LogP contribution in [0.4, 0.5) is 10.1 Å². The van der Waals surface area contributed by atoms with Gasteiger partial charge in [-0.05, 0) is 66.4 Å². The number of amides is 2. The molecule has 0 spiro atoms. The second-order valence-corrected chi connectivity index (χ2v) is 11.7. The van der Waals surface area contributed by atoms with E-state index in [1.807, 2.05) is 64.4 Å². The lowest BCUT2D eigenvalue weighted by atomic mass is 10.1. The van der Waals surface area contributed by atoms with Gasteiger partial charge in [-0.2, -0.15) is 5.10 Å². The van der Waals surface area contributed by atoms with E-state index < -0.39 is 0 Å².